The first-order chi connectivity index (χ1) is 30.1. The van der Waals surface area contributed by atoms with Crippen LogP contribution in [0.5, 0.6) is 11.5 Å². The highest BCUT2D eigenvalue weighted by Gasteiger charge is 2.28. The minimum absolute atomic E-state index is 0.104. The molecule has 7 rings (SSSR count). The number of carboxylic acids is 2. The van der Waals surface area contributed by atoms with Gasteiger partial charge in [-0.3, -0.25) is 9.59 Å². The van der Waals surface area contributed by atoms with E-state index in [-0.39, 0.29) is 26.1 Å². The molecule has 0 saturated heterocycles. The van der Waals surface area contributed by atoms with Gasteiger partial charge in [0.05, 0.1) is 92.9 Å². The lowest BCUT2D eigenvalue weighted by Gasteiger charge is -2.18. The van der Waals surface area contributed by atoms with Crippen molar-refractivity contribution in [3.05, 3.63) is 140 Å². The number of para-hydroxylation sites is 2. The zero-order chi connectivity index (χ0) is 43.6. The number of carboxylic acid groups (broad SMARTS) is 2. The lowest BCUT2D eigenvalue weighted by molar-refractivity contribution is -0.141. The van der Waals surface area contributed by atoms with Gasteiger partial charge >= 0.3 is 11.9 Å². The summed E-state index contributed by atoms with van der Waals surface area (Å²) in [6.07, 6.45) is 16.8. The van der Waals surface area contributed by atoms with Gasteiger partial charge in [0.15, 0.2) is 0 Å². The number of aliphatic carboxylic acids is 2. The molecule has 0 fully saturated rings. The Hall–Kier alpha value is -5.54. The SMILES string of the molecule is CCCOC(CCOc1ccccc1C1=C2C=CC(=N2)C(Br)=C2C=CC(=N2)C(c2ccccc2OCCC(CC(=O)O)OCCC)=C2C=CC(=N2)C(Br)=C2C=CC1=N2)CC(=O)O. The van der Waals surface area contributed by atoms with Gasteiger partial charge in [-0.15, -0.1) is 0 Å². The second-order valence-electron chi connectivity index (χ2n) is 14.7. The third-order valence-corrected chi connectivity index (χ3v) is 11.7. The molecule has 2 N–H and O–H groups in total. The minimum atomic E-state index is -0.916. The number of hydrogen-bond donors (Lipinski definition) is 2. The molecular weight excluding hydrogens is 920 g/mol. The van der Waals surface area contributed by atoms with Gasteiger partial charge in [0, 0.05) is 48.3 Å². The lowest BCUT2D eigenvalue weighted by Crippen LogP contribution is -2.21. The summed E-state index contributed by atoms with van der Waals surface area (Å²) >= 11 is 7.65. The van der Waals surface area contributed by atoms with E-state index < -0.39 is 24.1 Å². The first kappa shape index (κ1) is 44.5. The molecule has 2 atom stereocenters. The Morgan fingerprint density at radius 2 is 0.903 bits per heavy atom. The number of carbonyl (C=O) groups is 2. The molecule has 2 aromatic rings. The molecular formula is C48H46Br2N4O8. The molecule has 5 heterocycles. The predicted molar refractivity (Wildman–Crippen MR) is 250 cm³/mol. The number of benzene rings is 2. The van der Waals surface area contributed by atoms with Crippen molar-refractivity contribution in [1.82, 2.24) is 0 Å². The molecule has 0 aromatic heterocycles. The van der Waals surface area contributed by atoms with Gasteiger partial charge in [-0.2, -0.15) is 0 Å². The third kappa shape index (κ3) is 10.7. The van der Waals surface area contributed by atoms with E-state index in [1.165, 1.54) is 0 Å². The molecule has 320 valence electrons. The molecule has 2 unspecified atom stereocenters. The number of aliphatic imine (C=N–C) groups is 4. The first-order valence-corrected chi connectivity index (χ1v) is 22.2. The summed E-state index contributed by atoms with van der Waals surface area (Å²) in [7, 11) is 0. The molecule has 0 saturated carbocycles. The lowest BCUT2D eigenvalue weighted by atomic mass is 9.97. The monoisotopic (exact) mass is 964 g/mol. The van der Waals surface area contributed by atoms with Gasteiger partial charge in [-0.25, -0.2) is 20.0 Å². The van der Waals surface area contributed by atoms with Crippen LogP contribution in [-0.2, 0) is 19.1 Å². The number of allylic oxidation sites excluding steroid dienone is 12. The van der Waals surface area contributed by atoms with E-state index in [1.54, 1.807) is 0 Å². The van der Waals surface area contributed by atoms with Gasteiger partial charge in [0.1, 0.15) is 11.5 Å². The van der Waals surface area contributed by atoms with E-state index in [4.69, 9.17) is 38.9 Å². The van der Waals surface area contributed by atoms with Crippen LogP contribution in [0.1, 0.15) is 63.5 Å². The molecule has 0 radical (unpaired) electrons. The van der Waals surface area contributed by atoms with Crippen LogP contribution in [0.25, 0.3) is 11.1 Å². The van der Waals surface area contributed by atoms with Crippen molar-refractivity contribution in [2.75, 3.05) is 26.4 Å². The zero-order valence-corrected chi connectivity index (χ0v) is 37.5. The Morgan fingerprint density at radius 3 is 1.31 bits per heavy atom. The van der Waals surface area contributed by atoms with Crippen LogP contribution in [-0.4, -0.2) is 83.6 Å². The van der Waals surface area contributed by atoms with E-state index in [9.17, 15) is 19.8 Å². The first-order valence-electron chi connectivity index (χ1n) is 20.6. The zero-order valence-electron chi connectivity index (χ0n) is 34.4. The molecule has 14 heteroatoms. The number of ether oxygens (including phenoxy) is 4. The molecule has 5 aliphatic heterocycles. The maximum absolute atomic E-state index is 11.5. The second-order valence-corrected chi connectivity index (χ2v) is 16.3. The number of rotatable bonds is 20. The molecule has 62 heavy (non-hydrogen) atoms. The van der Waals surface area contributed by atoms with Crippen LogP contribution >= 0.6 is 31.9 Å². The number of hydrogen-bond acceptors (Lipinski definition) is 10. The van der Waals surface area contributed by atoms with E-state index in [0.29, 0.717) is 92.2 Å². The Morgan fingerprint density at radius 1 is 0.532 bits per heavy atom. The highest BCUT2D eigenvalue weighted by atomic mass is 79.9. The van der Waals surface area contributed by atoms with Crippen molar-refractivity contribution in [3.63, 3.8) is 0 Å². The molecule has 8 bridgehead atoms. The van der Waals surface area contributed by atoms with Crippen LogP contribution in [0.3, 0.4) is 0 Å². The van der Waals surface area contributed by atoms with Gasteiger partial charge in [-0.1, -0.05) is 50.2 Å². The van der Waals surface area contributed by atoms with Crippen LogP contribution in [0.4, 0.5) is 0 Å². The summed E-state index contributed by atoms with van der Waals surface area (Å²) in [5, 5.41) is 18.9. The molecule has 0 spiro atoms. The van der Waals surface area contributed by atoms with Crippen LogP contribution in [0.2, 0.25) is 0 Å². The summed E-state index contributed by atoms with van der Waals surface area (Å²) in [6.45, 7) is 5.42. The Balaban J connectivity index is 1.26. The largest absolute Gasteiger partial charge is 0.493 e. The number of nitrogens with zero attached hydrogens (tertiary/aromatic N) is 4. The van der Waals surface area contributed by atoms with Gasteiger partial charge < -0.3 is 29.2 Å². The fourth-order valence-electron chi connectivity index (χ4n) is 7.22. The second kappa shape index (κ2) is 21.0. The maximum Gasteiger partial charge on any atom is 0.305 e. The molecule has 0 amide bonds. The summed E-state index contributed by atoms with van der Waals surface area (Å²) < 4.78 is 25.8. The van der Waals surface area contributed by atoms with Crippen LogP contribution in [0, 0.1) is 0 Å². The quantitative estimate of drug-likeness (QED) is 0.133. The molecule has 12 nitrogen and oxygen atoms in total. The summed E-state index contributed by atoms with van der Waals surface area (Å²) in [5.74, 6) is -0.632. The van der Waals surface area contributed by atoms with E-state index in [0.717, 1.165) is 35.1 Å². The Bertz CT molecular complexity index is 2330. The Kier molecular flexibility index (Phi) is 15.1. The topological polar surface area (TPSA) is 161 Å². The van der Waals surface area contributed by atoms with E-state index in [1.807, 2.05) is 111 Å². The van der Waals surface area contributed by atoms with Crippen LogP contribution in [0.15, 0.2) is 149 Å². The molecule has 0 aliphatic carbocycles. The molecule has 5 aliphatic rings. The van der Waals surface area contributed by atoms with E-state index in [2.05, 4.69) is 31.9 Å². The number of halogens is 2. The fourth-order valence-corrected chi connectivity index (χ4v) is 8.10. The van der Waals surface area contributed by atoms with Gasteiger partial charge in [-0.05, 0) is 105 Å². The standard InChI is InChI=1S/C48H46Br2N4O8/c1-3-23-59-29(27-43(55)56)21-25-61-41-11-7-5-9-31(41)45-33-13-17-37(51-33)47(49)39-19-15-35(53-39)46(36-16-20-40(54-36)48(50)38-18-14-34(45)52-38)32-10-6-8-12-42(32)62-26-22-30(28-44(57)58)60-24-4-2/h5-20,29-30H,3-4,21-28H2,1-2H3,(H,55,56)(H,57,58). The maximum atomic E-state index is 11.5. The van der Waals surface area contributed by atoms with Crippen molar-refractivity contribution in [3.8, 4) is 11.5 Å². The fraction of sp³-hybridized carbons (Fsp3) is 0.292. The van der Waals surface area contributed by atoms with Crippen molar-refractivity contribution in [1.29, 1.82) is 0 Å². The van der Waals surface area contributed by atoms with E-state index >= 15 is 0 Å². The van der Waals surface area contributed by atoms with Gasteiger partial charge in [0.25, 0.3) is 0 Å². The Labute approximate surface area is 377 Å². The summed E-state index contributed by atoms with van der Waals surface area (Å²) in [6, 6.07) is 15.4. The van der Waals surface area contributed by atoms with Crippen LogP contribution < -0.4 is 9.47 Å². The molecule has 2 aromatic carbocycles. The van der Waals surface area contributed by atoms with Gasteiger partial charge in [0.2, 0.25) is 0 Å². The minimum Gasteiger partial charge on any atom is -0.493 e. The van der Waals surface area contributed by atoms with Crippen molar-refractivity contribution >= 4 is 77.8 Å². The number of fused-ring (bicyclic) bond motifs is 4. The van der Waals surface area contributed by atoms with Crippen molar-refractivity contribution in [2.24, 2.45) is 20.0 Å². The average molecular weight is 967 g/mol. The third-order valence-electron chi connectivity index (χ3n) is 10.1. The predicted octanol–water partition coefficient (Wildman–Crippen LogP) is 10.2. The smallest absolute Gasteiger partial charge is 0.305 e. The highest BCUT2D eigenvalue weighted by molar-refractivity contribution is 9.12. The van der Waals surface area contributed by atoms with Crippen molar-refractivity contribution < 1.29 is 38.7 Å². The normalized spacial score (nSPS) is 17.5. The summed E-state index contributed by atoms with van der Waals surface area (Å²) in [4.78, 5) is 43.6. The average Bonchev–Trinajstić information content (AvgIpc) is 4.11. The summed E-state index contributed by atoms with van der Waals surface area (Å²) in [5.41, 5.74) is 8.37. The highest BCUT2D eigenvalue weighted by Crippen LogP contribution is 2.40. The van der Waals surface area contributed by atoms with Crippen molar-refractivity contribution in [2.45, 2.75) is 64.6 Å².